The number of carbonyl (C=O) groups excluding carboxylic acids is 2. The predicted molar refractivity (Wildman–Crippen MR) is 234 cm³/mol. The Morgan fingerprint density at radius 3 is 2.21 bits per heavy atom. The smallest absolute Gasteiger partial charge is 0.435 e. The molecule has 1 aliphatic carbocycles. The van der Waals surface area contributed by atoms with Gasteiger partial charge in [-0.05, 0) is 75.4 Å². The summed E-state index contributed by atoms with van der Waals surface area (Å²) >= 11 is 6.64. The molecule has 376 valence electrons. The van der Waals surface area contributed by atoms with E-state index in [2.05, 4.69) is 32.3 Å². The molecule has 3 heterocycles. The number of nitrogens with zero attached hydrogens (tertiary/aromatic N) is 6. The number of fused-ring (bicyclic) bond motifs is 2. The van der Waals surface area contributed by atoms with Gasteiger partial charge in [0.05, 0.1) is 34.1 Å². The number of nitrogens with one attached hydrogen (secondary N) is 1. The Bertz CT molecular complexity index is 3000. The van der Waals surface area contributed by atoms with E-state index in [1.54, 1.807) is 0 Å². The number of pyridine rings is 1. The van der Waals surface area contributed by atoms with E-state index in [0.29, 0.717) is 15.1 Å². The number of aliphatic carboxylic acids is 1. The van der Waals surface area contributed by atoms with Crippen molar-refractivity contribution in [2.75, 3.05) is 16.8 Å². The molecule has 5 aromatic rings. The van der Waals surface area contributed by atoms with Gasteiger partial charge in [0.1, 0.15) is 57.9 Å². The number of benzene rings is 2. The first-order valence-corrected chi connectivity index (χ1v) is 23.8. The second-order valence-corrected chi connectivity index (χ2v) is 20.0. The lowest BCUT2D eigenvalue weighted by molar-refractivity contribution is -0.143. The van der Waals surface area contributed by atoms with Gasteiger partial charge in [0, 0.05) is 52.5 Å². The maximum atomic E-state index is 15.1. The number of carboxylic acids is 1. The van der Waals surface area contributed by atoms with Crippen LogP contribution in [-0.4, -0.2) is 85.6 Å². The van der Waals surface area contributed by atoms with Crippen molar-refractivity contribution < 1.29 is 76.5 Å². The summed E-state index contributed by atoms with van der Waals surface area (Å²) in [6, 6.07) is 5.22. The zero-order chi connectivity index (χ0) is 52.0. The zero-order valence-corrected chi connectivity index (χ0v) is 39.4. The van der Waals surface area contributed by atoms with Crippen LogP contribution in [0.3, 0.4) is 0 Å². The van der Waals surface area contributed by atoms with Crippen LogP contribution >= 0.6 is 11.6 Å². The van der Waals surface area contributed by atoms with E-state index in [0.717, 1.165) is 30.5 Å². The summed E-state index contributed by atoms with van der Waals surface area (Å²) in [7, 11) is -4.08. The Morgan fingerprint density at radius 2 is 1.63 bits per heavy atom. The van der Waals surface area contributed by atoms with Crippen molar-refractivity contribution in [3.63, 3.8) is 0 Å². The van der Waals surface area contributed by atoms with Gasteiger partial charge in [-0.1, -0.05) is 23.6 Å². The van der Waals surface area contributed by atoms with E-state index in [9.17, 15) is 63.0 Å². The fraction of sp³-hybridized carbons (Fsp3) is 0.395. The van der Waals surface area contributed by atoms with Gasteiger partial charge < -0.3 is 15.2 Å². The lowest BCUT2D eigenvalue weighted by Crippen LogP contribution is -2.36. The van der Waals surface area contributed by atoms with Crippen molar-refractivity contribution in [2.45, 2.75) is 94.7 Å². The minimum Gasteiger partial charge on any atom is -0.481 e. The fourth-order valence-corrected chi connectivity index (χ4v) is 8.55. The number of ether oxygens (including phenoxy) is 1. The summed E-state index contributed by atoms with van der Waals surface area (Å²) in [5.41, 5.74) is -5.46. The third-order valence-electron chi connectivity index (χ3n) is 10.6. The van der Waals surface area contributed by atoms with Gasteiger partial charge in [0.15, 0.2) is 11.5 Å². The predicted octanol–water partition coefficient (Wildman–Crippen LogP) is 8.55. The molecule has 0 saturated heterocycles. The normalized spacial score (nSPS) is 15.4. The number of anilines is 1. The first kappa shape index (κ1) is 53.3. The van der Waals surface area contributed by atoms with E-state index in [-0.39, 0.29) is 32.8 Å². The Kier molecular flexibility index (Phi) is 15.2. The molecule has 0 spiro atoms. The van der Waals surface area contributed by atoms with Crippen LogP contribution in [0.4, 0.5) is 54.5 Å². The summed E-state index contributed by atoms with van der Waals surface area (Å²) < 4.78 is 176. The summed E-state index contributed by atoms with van der Waals surface area (Å²) in [5.74, 6) is -4.07. The molecule has 4 atom stereocenters. The first-order valence-electron chi connectivity index (χ1n) is 20.4. The molecule has 1 aliphatic rings. The molecular weight excluding hydrogens is 1020 g/mol. The highest BCUT2D eigenvalue weighted by Gasteiger charge is 2.50. The van der Waals surface area contributed by atoms with Gasteiger partial charge in [-0.2, -0.15) is 49.6 Å². The third-order valence-corrected chi connectivity index (χ3v) is 13.3. The Hall–Kier alpha value is -6.07. The van der Waals surface area contributed by atoms with Crippen molar-refractivity contribution in [3.8, 4) is 23.0 Å². The first-order chi connectivity index (χ1) is 32.4. The van der Waals surface area contributed by atoms with Crippen LogP contribution in [0, 0.1) is 23.5 Å². The van der Waals surface area contributed by atoms with Crippen molar-refractivity contribution in [2.24, 2.45) is 0 Å². The monoisotopic (exact) mass is 1050 g/mol. The average Bonchev–Trinajstić information content (AvgIpc) is 3.87. The highest BCUT2D eigenvalue weighted by molar-refractivity contribution is 7.86. The largest absolute Gasteiger partial charge is 0.481 e. The quantitative estimate of drug-likeness (QED) is 0.0809. The number of aromatic nitrogens is 5. The molecule has 3 aromatic heterocycles. The van der Waals surface area contributed by atoms with Gasteiger partial charge in [0.25, 0.3) is 5.92 Å². The van der Waals surface area contributed by atoms with Crippen LogP contribution < -0.4 is 9.62 Å². The minimum absolute atomic E-state index is 0.165. The number of halogens is 11. The highest BCUT2D eigenvalue weighted by atomic mass is 35.5. The van der Waals surface area contributed by atoms with Crippen LogP contribution in [0.5, 0.6) is 0 Å². The second-order valence-electron chi connectivity index (χ2n) is 16.4. The Balaban J connectivity index is 1.63. The Labute approximate surface area is 400 Å². The SMILES string of the molecule is CC(CC(=O)O)OC(=O)N(c1nn(CC(F)(F)F)c2c(-c3ccc(C#CC(C)(C)S(C)=O)nc3C(Cc3cc(F)cc(F)c3)NC(=O)Cn3nc(C(F)(F)F)c4c3C(F)(F)CC4)ccc(Cl)c12)S(C)=O. The van der Waals surface area contributed by atoms with Gasteiger partial charge in [-0.3, -0.25) is 23.2 Å². The number of hydrogen-bond donors (Lipinski definition) is 2. The molecule has 2 N–H and O–H groups in total. The van der Waals surface area contributed by atoms with E-state index in [4.69, 9.17) is 16.3 Å². The molecule has 0 fully saturated rings. The average molecular weight is 1050 g/mol. The lowest BCUT2D eigenvalue weighted by Gasteiger charge is -2.23. The van der Waals surface area contributed by atoms with E-state index < -0.39 is 164 Å². The summed E-state index contributed by atoms with van der Waals surface area (Å²) in [6.07, 6.45) is -14.0. The highest BCUT2D eigenvalue weighted by Crippen LogP contribution is 2.47. The van der Waals surface area contributed by atoms with Crippen LogP contribution in [0.2, 0.25) is 5.02 Å². The third kappa shape index (κ3) is 11.9. The molecule has 6 rings (SSSR count). The minimum atomic E-state index is -5.21. The van der Waals surface area contributed by atoms with E-state index in [1.807, 2.05) is 0 Å². The van der Waals surface area contributed by atoms with Crippen molar-refractivity contribution in [1.29, 1.82) is 0 Å². The van der Waals surface area contributed by atoms with Crippen LogP contribution in [0.15, 0.2) is 42.5 Å². The summed E-state index contributed by atoms with van der Waals surface area (Å²) in [5, 5.41) is 18.1. The molecule has 27 heteroatoms. The summed E-state index contributed by atoms with van der Waals surface area (Å²) in [6.45, 7) is 1.01. The molecule has 0 saturated carbocycles. The molecule has 2 amide bonds. The molecule has 70 heavy (non-hydrogen) atoms. The molecule has 4 unspecified atom stereocenters. The van der Waals surface area contributed by atoms with Crippen molar-refractivity contribution >= 4 is 68.1 Å². The molecular formula is C43H38ClF10N7O7S2. The molecule has 0 aliphatic heterocycles. The zero-order valence-electron chi connectivity index (χ0n) is 37.0. The molecule has 2 aromatic carbocycles. The van der Waals surface area contributed by atoms with Gasteiger partial charge in [0.2, 0.25) is 5.91 Å². The lowest BCUT2D eigenvalue weighted by atomic mass is 9.93. The number of alkyl halides is 8. The fourth-order valence-electron chi connectivity index (χ4n) is 7.50. The van der Waals surface area contributed by atoms with Crippen LogP contribution in [0.25, 0.3) is 22.0 Å². The van der Waals surface area contributed by atoms with E-state index in [1.165, 1.54) is 39.2 Å². The molecule has 0 radical (unpaired) electrons. The van der Waals surface area contributed by atoms with E-state index >= 15 is 8.78 Å². The maximum absolute atomic E-state index is 15.1. The van der Waals surface area contributed by atoms with Crippen LogP contribution in [-0.2, 0) is 74.1 Å². The number of amides is 2. The number of hydrogen-bond acceptors (Lipinski definition) is 9. The molecule has 14 nitrogen and oxygen atoms in total. The number of rotatable bonds is 14. The van der Waals surface area contributed by atoms with Gasteiger partial charge >= 0.3 is 24.4 Å². The van der Waals surface area contributed by atoms with Gasteiger partial charge in [-0.25, -0.2) is 22.8 Å². The number of carboxylic acid groups (broad SMARTS) is 1. The number of carbonyl (C=O) groups is 3. The van der Waals surface area contributed by atoms with Crippen LogP contribution in [0.1, 0.15) is 73.6 Å². The topological polar surface area (TPSA) is 179 Å². The van der Waals surface area contributed by atoms with Crippen molar-refractivity contribution in [3.05, 3.63) is 93.0 Å². The van der Waals surface area contributed by atoms with Gasteiger partial charge in [-0.15, -0.1) is 0 Å². The molecule has 0 bridgehead atoms. The maximum Gasteiger partial charge on any atom is 0.435 e. The summed E-state index contributed by atoms with van der Waals surface area (Å²) in [4.78, 5) is 43.5. The van der Waals surface area contributed by atoms with Crippen molar-refractivity contribution in [1.82, 2.24) is 29.9 Å². The Morgan fingerprint density at radius 1 is 0.986 bits per heavy atom. The standard InChI is InChI=1S/C43H38ClF10N7O7S2/c1-21(14-32(63)64)68-39(65)61(70(5)67)38-33-29(44)9-8-27(35(33)60(58-38)20-42(49,50)51)26-7-6-25(10-12-40(2,3)69(4)66)55-34(26)30(17-22-15-23(45)18-24(46)16-22)56-31(62)19-59-37-28(11-13-41(37,47)48)36(57-59)43(52,53)54/h6-9,15-16,18,21,30H,11,13-14,17,19-20H2,1-5H3,(H,56,62)(H,63,64). The second kappa shape index (κ2) is 20.0.